The second kappa shape index (κ2) is 22.5. The van der Waals surface area contributed by atoms with Gasteiger partial charge in [0.25, 0.3) is 0 Å². The quantitative estimate of drug-likeness (QED) is 0.0640. The molecule has 0 bridgehead atoms. The van der Waals surface area contributed by atoms with Crippen LogP contribution >= 0.6 is 0 Å². The highest BCUT2D eigenvalue weighted by molar-refractivity contribution is 5.83. The zero-order chi connectivity index (χ0) is 53.9. The Hall–Kier alpha value is -3.51. The molecule has 13 heteroatoms. The molecular formula is C58H96O13. The molecule has 4 unspecified atom stereocenters. The number of fused-ring (bicyclic) bond motifs is 5. The fourth-order valence-electron chi connectivity index (χ4n) is 14.0. The molecule has 4 aliphatic rings. The smallest absolute Gasteiger partial charge is 0.462 e. The van der Waals surface area contributed by atoms with Gasteiger partial charge in [-0.3, -0.25) is 28.8 Å². The molecule has 4 fully saturated rings. The van der Waals surface area contributed by atoms with Gasteiger partial charge in [0.2, 0.25) is 0 Å². The first-order valence-electron chi connectivity index (χ1n) is 27.0. The minimum Gasteiger partial charge on any atom is -0.462 e. The van der Waals surface area contributed by atoms with Crippen molar-refractivity contribution in [3.05, 3.63) is 0 Å². The van der Waals surface area contributed by atoms with Crippen molar-refractivity contribution in [3.63, 3.8) is 0 Å². The van der Waals surface area contributed by atoms with Gasteiger partial charge in [0.05, 0.1) is 16.2 Å². The first-order chi connectivity index (χ1) is 32.3. The van der Waals surface area contributed by atoms with Crippen LogP contribution in [-0.4, -0.2) is 72.8 Å². The van der Waals surface area contributed by atoms with Crippen molar-refractivity contribution in [1.82, 2.24) is 0 Å². The topological polar surface area (TPSA) is 175 Å². The molecule has 0 heterocycles. The van der Waals surface area contributed by atoms with E-state index < -0.39 is 63.9 Å². The highest BCUT2D eigenvalue weighted by atomic mass is 16.7. The number of Topliss-reactive ketones (excluding diaryl/α,β-unsaturated/α-hetero) is 1. The summed E-state index contributed by atoms with van der Waals surface area (Å²) in [5, 5.41) is 0. The number of esters is 5. The van der Waals surface area contributed by atoms with Gasteiger partial charge in [-0.1, -0.05) is 62.3 Å². The van der Waals surface area contributed by atoms with Crippen LogP contribution in [0.1, 0.15) is 221 Å². The van der Waals surface area contributed by atoms with Crippen molar-refractivity contribution in [2.45, 2.75) is 239 Å². The molecule has 4 saturated carbocycles. The van der Waals surface area contributed by atoms with E-state index in [1.54, 1.807) is 55.4 Å². The largest absolute Gasteiger partial charge is 0.516 e. The van der Waals surface area contributed by atoms with E-state index >= 15 is 0 Å². The van der Waals surface area contributed by atoms with Crippen LogP contribution in [0.2, 0.25) is 0 Å². The van der Waals surface area contributed by atoms with Crippen LogP contribution in [0.25, 0.3) is 0 Å². The van der Waals surface area contributed by atoms with Crippen LogP contribution in [0.4, 0.5) is 4.79 Å². The molecule has 0 aliphatic heterocycles. The van der Waals surface area contributed by atoms with Gasteiger partial charge in [0.1, 0.15) is 30.7 Å². The van der Waals surface area contributed by atoms with Gasteiger partial charge in [-0.15, -0.1) is 0 Å². The number of hydrogen-bond acceptors (Lipinski definition) is 13. The van der Waals surface area contributed by atoms with E-state index in [2.05, 4.69) is 13.8 Å². The van der Waals surface area contributed by atoms with Crippen molar-refractivity contribution in [2.24, 2.45) is 73.4 Å². The van der Waals surface area contributed by atoms with E-state index in [0.717, 1.165) is 38.5 Å². The van der Waals surface area contributed by atoms with Crippen molar-refractivity contribution < 1.29 is 62.0 Å². The second-order valence-corrected chi connectivity index (χ2v) is 28.3. The first kappa shape index (κ1) is 60.0. The second-order valence-electron chi connectivity index (χ2n) is 28.3. The number of hydrogen-bond donors (Lipinski definition) is 0. The Bertz CT molecular complexity index is 1890. The number of ether oxygens (including phenoxy) is 6. The lowest BCUT2D eigenvalue weighted by Gasteiger charge is -2.61. The monoisotopic (exact) mass is 1000 g/mol. The zero-order valence-corrected chi connectivity index (χ0v) is 47.4. The summed E-state index contributed by atoms with van der Waals surface area (Å²) < 4.78 is 33.8. The van der Waals surface area contributed by atoms with E-state index in [0.29, 0.717) is 55.1 Å². The Morgan fingerprint density at radius 1 is 0.592 bits per heavy atom. The molecule has 13 nitrogen and oxygen atoms in total. The summed E-state index contributed by atoms with van der Waals surface area (Å²) in [6.07, 6.45) is 8.36. The summed E-state index contributed by atoms with van der Waals surface area (Å²) in [6.45, 7) is 34.0. The van der Waals surface area contributed by atoms with Gasteiger partial charge >= 0.3 is 36.0 Å². The van der Waals surface area contributed by atoms with Gasteiger partial charge in [-0.25, -0.2) is 4.79 Å². The predicted molar refractivity (Wildman–Crippen MR) is 271 cm³/mol. The third kappa shape index (κ3) is 16.2. The summed E-state index contributed by atoms with van der Waals surface area (Å²) in [5.41, 5.74) is -3.56. The minimum atomic E-state index is -1.18. The van der Waals surface area contributed by atoms with Crippen LogP contribution in [0, 0.1) is 73.4 Å². The van der Waals surface area contributed by atoms with Crippen LogP contribution in [-0.2, 0) is 57.2 Å². The maximum Gasteiger partial charge on any atom is 0.516 e. The molecular weight excluding hydrogens is 905 g/mol. The predicted octanol–water partition coefficient (Wildman–Crippen LogP) is 12.8. The summed E-state index contributed by atoms with van der Waals surface area (Å²) in [6, 6.07) is 0. The first-order valence-corrected chi connectivity index (χ1v) is 27.0. The molecule has 4 rings (SSSR count). The molecule has 0 spiro atoms. The summed E-state index contributed by atoms with van der Waals surface area (Å²) in [4.78, 5) is 91.7. The number of rotatable bonds is 20. The van der Waals surface area contributed by atoms with E-state index in [1.165, 1.54) is 19.3 Å². The summed E-state index contributed by atoms with van der Waals surface area (Å²) in [7, 11) is 0. The van der Waals surface area contributed by atoms with Crippen molar-refractivity contribution in [3.8, 4) is 0 Å². The molecule has 0 aromatic carbocycles. The van der Waals surface area contributed by atoms with Crippen molar-refractivity contribution in [2.75, 3.05) is 13.2 Å². The molecule has 406 valence electrons. The SMILES string of the molecule is CC(=O)[C@H]1CCC2[C@@H]3CCC4C[C@@H](OC(=O)C(C)(C)CCC(C)(C)OC(=O)OC(=O)CC(C)CC(=O)OC(COC(=O)C(C)(C)CC(C)(C)C)COC(=O)C(C)(C)CC(C)(C)C)CC[C@]4(C)C3CC[C@@]21C. The van der Waals surface area contributed by atoms with Gasteiger partial charge in [-0.2, -0.15) is 0 Å². The van der Waals surface area contributed by atoms with Gasteiger partial charge in [0, 0.05) is 18.8 Å². The van der Waals surface area contributed by atoms with Crippen LogP contribution < -0.4 is 0 Å². The van der Waals surface area contributed by atoms with Crippen molar-refractivity contribution >= 4 is 41.8 Å². The normalized spacial score (nSPS) is 27.5. The fourth-order valence-corrected chi connectivity index (χ4v) is 14.0. The molecule has 0 amide bonds. The molecule has 0 saturated heterocycles. The lowest BCUT2D eigenvalue weighted by Crippen LogP contribution is -2.54. The Labute approximate surface area is 427 Å². The van der Waals surface area contributed by atoms with E-state index in [1.807, 2.05) is 55.4 Å². The van der Waals surface area contributed by atoms with Crippen molar-refractivity contribution in [1.29, 1.82) is 0 Å². The Kier molecular flexibility index (Phi) is 19.1. The fraction of sp³-hybridized carbons (Fsp3) is 0.879. The maximum atomic E-state index is 13.7. The number of carbonyl (C=O) groups is 7. The molecule has 9 atom stereocenters. The van der Waals surface area contributed by atoms with Crippen LogP contribution in [0.15, 0.2) is 0 Å². The zero-order valence-electron chi connectivity index (χ0n) is 47.4. The highest BCUT2D eigenvalue weighted by Crippen LogP contribution is 2.67. The average molecular weight is 1000 g/mol. The average Bonchev–Trinajstić information content (AvgIpc) is 3.56. The third-order valence-electron chi connectivity index (χ3n) is 17.0. The maximum absolute atomic E-state index is 13.7. The Balaban J connectivity index is 1.23. The molecule has 0 radical (unpaired) electrons. The molecule has 4 aliphatic carbocycles. The standard InChI is InChI=1S/C58H96O13/c1-36(29-45(60)68-40(32-66-47(62)54(11,12)34-51(3,4)5)33-67-48(63)55(13,14)35-52(6,7)8)30-46(61)70-50(65)71-56(15,16)28-27-53(9,10)49(64)69-39-23-25-57(17)38(31-39)19-20-41-43-22-21-42(37(2)59)58(43,18)26-24-44(41)57/h36,38-44H,19-35H2,1-18H3/t36?,38?,39-,41-,42+,43?,44?,57-,58+/m0/s1. The van der Waals surface area contributed by atoms with E-state index in [-0.39, 0.29) is 65.7 Å². The summed E-state index contributed by atoms with van der Waals surface area (Å²) >= 11 is 0. The molecule has 0 N–H and O–H groups in total. The van der Waals surface area contributed by atoms with E-state index in [9.17, 15) is 33.6 Å². The summed E-state index contributed by atoms with van der Waals surface area (Å²) in [5.74, 6) is -0.454. The molecule has 0 aromatic heterocycles. The van der Waals surface area contributed by atoms with Gasteiger partial charge in [0.15, 0.2) is 6.10 Å². The molecule has 71 heavy (non-hydrogen) atoms. The van der Waals surface area contributed by atoms with Gasteiger partial charge < -0.3 is 28.4 Å². The lowest BCUT2D eigenvalue weighted by atomic mass is 9.44. The third-order valence-corrected chi connectivity index (χ3v) is 17.0. The Morgan fingerprint density at radius 2 is 1.11 bits per heavy atom. The van der Waals surface area contributed by atoms with Crippen LogP contribution in [0.5, 0.6) is 0 Å². The van der Waals surface area contributed by atoms with E-state index in [4.69, 9.17) is 28.4 Å². The van der Waals surface area contributed by atoms with Gasteiger partial charge in [-0.05, 0) is 197 Å². The minimum absolute atomic E-state index is 0.133. The number of ketones is 1. The highest BCUT2D eigenvalue weighted by Gasteiger charge is 2.61. The van der Waals surface area contributed by atoms with Crippen LogP contribution in [0.3, 0.4) is 0 Å². The molecule has 0 aromatic rings. The number of carbonyl (C=O) groups excluding carboxylic acids is 7. The Morgan fingerprint density at radius 3 is 1.65 bits per heavy atom. The lowest BCUT2D eigenvalue weighted by molar-refractivity contribution is -0.174.